The van der Waals surface area contributed by atoms with E-state index in [2.05, 4.69) is 10.6 Å². The van der Waals surface area contributed by atoms with Gasteiger partial charge in [0, 0.05) is 12.1 Å². The number of aryl methyl sites for hydroxylation is 1. The number of benzene rings is 2. The van der Waals surface area contributed by atoms with E-state index in [-0.39, 0.29) is 18.1 Å². The van der Waals surface area contributed by atoms with Crippen LogP contribution in [0.5, 0.6) is 5.75 Å². The highest BCUT2D eigenvalue weighted by Gasteiger charge is 2.16. The molecular weight excluding hydrogens is 336 g/mol. The third-order valence-corrected chi connectivity index (χ3v) is 3.95. The van der Waals surface area contributed by atoms with Crippen molar-refractivity contribution in [3.8, 4) is 5.75 Å². The number of rotatable bonds is 5. The molecule has 2 aromatic rings. The van der Waals surface area contributed by atoms with Gasteiger partial charge in [0.25, 0.3) is 5.91 Å². The third kappa shape index (κ3) is 4.00. The van der Waals surface area contributed by atoms with Gasteiger partial charge in [-0.3, -0.25) is 9.59 Å². The molecule has 0 aliphatic carbocycles. The van der Waals surface area contributed by atoms with E-state index in [0.717, 1.165) is 11.3 Å². The average molecular weight is 354 g/mol. The highest BCUT2D eigenvalue weighted by Crippen LogP contribution is 2.26. The van der Waals surface area contributed by atoms with Crippen LogP contribution in [0.3, 0.4) is 0 Å². The van der Waals surface area contributed by atoms with E-state index in [0.29, 0.717) is 24.3 Å². The van der Waals surface area contributed by atoms with E-state index in [1.807, 2.05) is 6.07 Å². The molecule has 0 saturated heterocycles. The third-order valence-electron chi connectivity index (χ3n) is 3.95. The quantitative estimate of drug-likeness (QED) is 0.804. The van der Waals surface area contributed by atoms with Gasteiger partial charge in [-0.05, 0) is 42.3 Å². The Bertz CT molecular complexity index is 863. The van der Waals surface area contributed by atoms with Crippen LogP contribution in [-0.2, 0) is 20.7 Å². The van der Waals surface area contributed by atoms with Crippen molar-refractivity contribution in [2.75, 3.05) is 24.4 Å². The minimum Gasteiger partial charge on any atom is -0.484 e. The zero-order chi connectivity index (χ0) is 18.5. The van der Waals surface area contributed by atoms with Crippen molar-refractivity contribution >= 4 is 29.2 Å². The van der Waals surface area contributed by atoms with Gasteiger partial charge in [0.05, 0.1) is 18.4 Å². The SMILES string of the molecule is COC(=O)c1ccccc1NC(=O)COc1ccc2c(c1)CCC(=O)N2. The van der Waals surface area contributed by atoms with Crippen molar-refractivity contribution < 1.29 is 23.9 Å². The molecule has 0 bridgehead atoms. The van der Waals surface area contributed by atoms with Crippen LogP contribution < -0.4 is 15.4 Å². The average Bonchev–Trinajstić information content (AvgIpc) is 2.66. The Morgan fingerprint density at radius 2 is 1.96 bits per heavy atom. The number of carbonyl (C=O) groups is 3. The van der Waals surface area contributed by atoms with Gasteiger partial charge in [0.1, 0.15) is 5.75 Å². The first kappa shape index (κ1) is 17.5. The Hall–Kier alpha value is -3.35. The monoisotopic (exact) mass is 354 g/mol. The van der Waals surface area contributed by atoms with Gasteiger partial charge in [-0.1, -0.05) is 12.1 Å². The Labute approximate surface area is 150 Å². The zero-order valence-corrected chi connectivity index (χ0v) is 14.2. The minimum atomic E-state index is -0.529. The second kappa shape index (κ2) is 7.69. The number of methoxy groups -OCH3 is 1. The maximum atomic E-state index is 12.1. The summed E-state index contributed by atoms with van der Waals surface area (Å²) in [7, 11) is 1.28. The van der Waals surface area contributed by atoms with Crippen molar-refractivity contribution in [1.29, 1.82) is 0 Å². The molecule has 1 aliphatic rings. The number of hydrogen-bond donors (Lipinski definition) is 2. The van der Waals surface area contributed by atoms with Crippen molar-refractivity contribution in [1.82, 2.24) is 0 Å². The molecule has 1 aliphatic heterocycles. The predicted molar refractivity (Wildman–Crippen MR) is 95.3 cm³/mol. The van der Waals surface area contributed by atoms with Crippen LogP contribution in [0.4, 0.5) is 11.4 Å². The summed E-state index contributed by atoms with van der Waals surface area (Å²) in [5, 5.41) is 5.43. The molecule has 7 heteroatoms. The van der Waals surface area contributed by atoms with Crippen LogP contribution in [0.25, 0.3) is 0 Å². The van der Waals surface area contributed by atoms with E-state index in [9.17, 15) is 14.4 Å². The largest absolute Gasteiger partial charge is 0.484 e. The second-order valence-electron chi connectivity index (χ2n) is 5.74. The fraction of sp³-hybridized carbons (Fsp3) is 0.211. The normalized spacial score (nSPS) is 12.6. The van der Waals surface area contributed by atoms with E-state index in [4.69, 9.17) is 9.47 Å². The van der Waals surface area contributed by atoms with Crippen molar-refractivity contribution in [2.24, 2.45) is 0 Å². The molecule has 134 valence electrons. The smallest absolute Gasteiger partial charge is 0.339 e. The highest BCUT2D eigenvalue weighted by molar-refractivity contribution is 6.01. The van der Waals surface area contributed by atoms with Gasteiger partial charge in [-0.25, -0.2) is 4.79 Å². The number of esters is 1. The molecular formula is C19H18N2O5. The maximum Gasteiger partial charge on any atom is 0.339 e. The van der Waals surface area contributed by atoms with Crippen LogP contribution >= 0.6 is 0 Å². The standard InChI is InChI=1S/C19H18N2O5/c1-25-19(24)14-4-2-3-5-16(14)21-18(23)11-26-13-7-8-15-12(10-13)6-9-17(22)20-15/h2-5,7-8,10H,6,9,11H2,1H3,(H,20,22)(H,21,23). The number of nitrogens with one attached hydrogen (secondary N) is 2. The summed E-state index contributed by atoms with van der Waals surface area (Å²) in [5.74, 6) is -0.392. The topological polar surface area (TPSA) is 93.7 Å². The van der Waals surface area contributed by atoms with E-state index in [1.165, 1.54) is 7.11 Å². The van der Waals surface area contributed by atoms with Gasteiger partial charge < -0.3 is 20.1 Å². The molecule has 2 aromatic carbocycles. The van der Waals surface area contributed by atoms with E-state index >= 15 is 0 Å². The molecule has 0 atom stereocenters. The summed E-state index contributed by atoms with van der Waals surface area (Å²) < 4.78 is 10.2. The molecule has 26 heavy (non-hydrogen) atoms. The highest BCUT2D eigenvalue weighted by atomic mass is 16.5. The number of amides is 2. The van der Waals surface area contributed by atoms with Crippen LogP contribution in [0.2, 0.25) is 0 Å². The molecule has 7 nitrogen and oxygen atoms in total. The van der Waals surface area contributed by atoms with Crippen LogP contribution in [0, 0.1) is 0 Å². The van der Waals surface area contributed by atoms with Gasteiger partial charge in [-0.15, -0.1) is 0 Å². The van der Waals surface area contributed by atoms with Crippen LogP contribution in [0.1, 0.15) is 22.3 Å². The molecule has 3 rings (SSSR count). The first-order chi connectivity index (χ1) is 12.6. The lowest BCUT2D eigenvalue weighted by molar-refractivity contribution is -0.118. The summed E-state index contributed by atoms with van der Waals surface area (Å²) in [6.07, 6.45) is 1.07. The minimum absolute atomic E-state index is 0.00480. The number of hydrogen-bond acceptors (Lipinski definition) is 5. The molecule has 2 amide bonds. The first-order valence-corrected chi connectivity index (χ1v) is 8.09. The van der Waals surface area contributed by atoms with Crippen molar-refractivity contribution in [3.05, 3.63) is 53.6 Å². The lowest BCUT2D eigenvalue weighted by Gasteiger charge is -2.17. The van der Waals surface area contributed by atoms with Crippen LogP contribution in [0.15, 0.2) is 42.5 Å². The summed E-state index contributed by atoms with van der Waals surface area (Å²) in [6.45, 7) is -0.208. The number of carbonyl (C=O) groups excluding carboxylic acids is 3. The van der Waals surface area contributed by atoms with Crippen molar-refractivity contribution in [2.45, 2.75) is 12.8 Å². The fourth-order valence-corrected chi connectivity index (χ4v) is 2.66. The fourth-order valence-electron chi connectivity index (χ4n) is 2.66. The number of para-hydroxylation sites is 1. The molecule has 1 heterocycles. The Morgan fingerprint density at radius 3 is 2.77 bits per heavy atom. The summed E-state index contributed by atoms with van der Waals surface area (Å²) >= 11 is 0. The van der Waals surface area contributed by atoms with E-state index in [1.54, 1.807) is 36.4 Å². The van der Waals surface area contributed by atoms with Gasteiger partial charge in [-0.2, -0.15) is 0 Å². The van der Waals surface area contributed by atoms with Crippen LogP contribution in [-0.4, -0.2) is 31.5 Å². The Balaban J connectivity index is 1.62. The predicted octanol–water partition coefficient (Wildman–Crippen LogP) is 2.38. The molecule has 0 unspecified atom stereocenters. The van der Waals surface area contributed by atoms with E-state index < -0.39 is 11.9 Å². The van der Waals surface area contributed by atoms with Gasteiger partial charge in [0.2, 0.25) is 5.91 Å². The Kier molecular flexibility index (Phi) is 5.17. The lowest BCUT2D eigenvalue weighted by Crippen LogP contribution is -2.22. The molecule has 2 N–H and O–H groups in total. The number of fused-ring (bicyclic) bond motifs is 1. The molecule has 0 aromatic heterocycles. The summed E-state index contributed by atoms with van der Waals surface area (Å²) in [5.41, 5.74) is 2.37. The zero-order valence-electron chi connectivity index (χ0n) is 14.2. The van der Waals surface area contributed by atoms with Crippen molar-refractivity contribution in [3.63, 3.8) is 0 Å². The maximum absolute atomic E-state index is 12.1. The Morgan fingerprint density at radius 1 is 1.15 bits per heavy atom. The molecule has 0 spiro atoms. The first-order valence-electron chi connectivity index (χ1n) is 8.09. The summed E-state index contributed by atoms with van der Waals surface area (Å²) in [4.78, 5) is 35.2. The number of anilines is 2. The number of ether oxygens (including phenoxy) is 2. The van der Waals surface area contributed by atoms with Gasteiger partial charge in [0.15, 0.2) is 6.61 Å². The lowest BCUT2D eigenvalue weighted by atomic mass is 10.0. The van der Waals surface area contributed by atoms with Gasteiger partial charge >= 0.3 is 5.97 Å². The summed E-state index contributed by atoms with van der Waals surface area (Å²) in [6, 6.07) is 11.8. The second-order valence-corrected chi connectivity index (χ2v) is 5.74. The molecule has 0 saturated carbocycles. The molecule has 0 radical (unpaired) electrons. The molecule has 0 fully saturated rings.